The first-order valence-corrected chi connectivity index (χ1v) is 12.3. The molecule has 1 aromatic carbocycles. The molecule has 210 valence electrons. The number of pyridine rings is 1. The van der Waals surface area contributed by atoms with E-state index in [2.05, 4.69) is 25.5 Å². The van der Waals surface area contributed by atoms with Crippen molar-refractivity contribution in [2.45, 2.75) is 38.0 Å². The van der Waals surface area contributed by atoms with Gasteiger partial charge in [-0.25, -0.2) is 23.2 Å². The molecule has 0 radical (unpaired) electrons. The molecule has 0 saturated carbocycles. The van der Waals surface area contributed by atoms with Gasteiger partial charge in [-0.3, -0.25) is 19.6 Å². The van der Waals surface area contributed by atoms with Crippen molar-refractivity contribution in [3.05, 3.63) is 76.0 Å². The van der Waals surface area contributed by atoms with Gasteiger partial charge in [-0.05, 0) is 37.6 Å². The third-order valence-corrected chi connectivity index (χ3v) is 6.11. The zero-order valence-electron chi connectivity index (χ0n) is 20.5. The van der Waals surface area contributed by atoms with Gasteiger partial charge in [0, 0.05) is 24.1 Å². The number of hydrogen-bond acceptors (Lipinski definition) is 9. The topological polar surface area (TPSA) is 198 Å². The second-order valence-corrected chi connectivity index (χ2v) is 9.43. The van der Waals surface area contributed by atoms with Crippen LogP contribution in [-0.4, -0.2) is 46.1 Å². The molecule has 0 bridgehead atoms. The Kier molecular flexibility index (Phi) is 10.1. The van der Waals surface area contributed by atoms with E-state index in [0.29, 0.717) is 17.2 Å². The number of carboxylic acids is 1. The van der Waals surface area contributed by atoms with Gasteiger partial charge in [0.2, 0.25) is 11.7 Å². The molecule has 6 N–H and O–H groups in total. The Balaban J connectivity index is 0.000000673. The number of aromatic nitrogens is 3. The highest BCUT2D eigenvalue weighted by Gasteiger charge is 2.38. The predicted octanol–water partition coefficient (Wildman–Crippen LogP) is 1.09. The molecular formula is C22H24F3N7O6S. The Morgan fingerprint density at radius 1 is 1.10 bits per heavy atom. The van der Waals surface area contributed by atoms with Crippen LogP contribution in [0.4, 0.5) is 24.8 Å². The van der Waals surface area contributed by atoms with Crippen molar-refractivity contribution in [2.24, 2.45) is 0 Å². The van der Waals surface area contributed by atoms with Gasteiger partial charge in [0.05, 0.1) is 4.90 Å². The van der Waals surface area contributed by atoms with Crippen molar-refractivity contribution in [1.29, 1.82) is 0 Å². The number of alkyl halides is 3. The molecule has 0 fully saturated rings. The van der Waals surface area contributed by atoms with E-state index in [4.69, 9.17) is 15.6 Å². The minimum atomic E-state index is -5.08. The highest BCUT2D eigenvalue weighted by molar-refractivity contribution is 7.89. The summed E-state index contributed by atoms with van der Waals surface area (Å²) in [6, 6.07) is 11.1. The maximum atomic E-state index is 12.7. The number of hydrogen-bond donors (Lipinski definition) is 5. The minimum absolute atomic E-state index is 0.0202. The van der Waals surface area contributed by atoms with Crippen molar-refractivity contribution in [3.63, 3.8) is 0 Å². The molecule has 39 heavy (non-hydrogen) atoms. The Labute approximate surface area is 219 Å². The number of amides is 1. The van der Waals surface area contributed by atoms with Crippen LogP contribution in [0, 0.1) is 13.8 Å². The highest BCUT2D eigenvalue weighted by atomic mass is 32.2. The fraction of sp³-hybridized carbons (Fsp3) is 0.227. The maximum absolute atomic E-state index is 12.7. The first kappa shape index (κ1) is 30.7. The number of benzene rings is 1. The quantitative estimate of drug-likeness (QED) is 0.244. The van der Waals surface area contributed by atoms with E-state index < -0.39 is 33.6 Å². The molecule has 2 heterocycles. The summed E-state index contributed by atoms with van der Waals surface area (Å²) in [5, 5.41) is 9.85. The number of aliphatic carboxylic acids is 1. The van der Waals surface area contributed by atoms with Crippen molar-refractivity contribution < 1.29 is 36.3 Å². The molecule has 3 rings (SSSR count). The summed E-state index contributed by atoms with van der Waals surface area (Å²) in [6.07, 6.45) is -3.72. The van der Waals surface area contributed by atoms with E-state index in [0.717, 1.165) is 5.56 Å². The smallest absolute Gasteiger partial charge is 0.475 e. The van der Waals surface area contributed by atoms with Crippen molar-refractivity contribution in [1.82, 2.24) is 24.7 Å². The SMILES string of the molecule is Cc1nc(N)ccc1CNC(=O)Cn1c(C)cnc(NNS(=O)(=O)c2ccccc2)c1=O.O=C(O)C(F)(F)F. The van der Waals surface area contributed by atoms with Crippen LogP contribution in [0.25, 0.3) is 0 Å². The third-order valence-electron chi connectivity index (χ3n) is 4.85. The van der Waals surface area contributed by atoms with Gasteiger partial charge < -0.3 is 16.2 Å². The summed E-state index contributed by atoms with van der Waals surface area (Å²) in [6.45, 7) is 3.35. The van der Waals surface area contributed by atoms with Crippen molar-refractivity contribution in [3.8, 4) is 0 Å². The minimum Gasteiger partial charge on any atom is -0.475 e. The monoisotopic (exact) mass is 571 g/mol. The van der Waals surface area contributed by atoms with Crippen LogP contribution >= 0.6 is 0 Å². The molecular weight excluding hydrogens is 547 g/mol. The number of nitrogen functional groups attached to an aromatic ring is 1. The number of aryl methyl sites for hydroxylation is 2. The summed E-state index contributed by atoms with van der Waals surface area (Å²) in [7, 11) is -3.91. The third kappa shape index (κ3) is 9.08. The van der Waals surface area contributed by atoms with Crippen LogP contribution in [-0.2, 0) is 32.7 Å². The van der Waals surface area contributed by atoms with Gasteiger partial charge >= 0.3 is 12.1 Å². The molecule has 13 nitrogen and oxygen atoms in total. The number of carbonyl (C=O) groups excluding carboxylic acids is 1. The molecule has 0 atom stereocenters. The Morgan fingerprint density at radius 3 is 2.28 bits per heavy atom. The van der Waals surface area contributed by atoms with Gasteiger partial charge in [0.25, 0.3) is 15.6 Å². The molecule has 0 unspecified atom stereocenters. The van der Waals surface area contributed by atoms with Gasteiger partial charge in [0.15, 0.2) is 0 Å². The van der Waals surface area contributed by atoms with Gasteiger partial charge in [-0.2, -0.15) is 13.2 Å². The maximum Gasteiger partial charge on any atom is 0.490 e. The molecule has 3 aromatic rings. The largest absolute Gasteiger partial charge is 0.490 e. The second-order valence-electron chi connectivity index (χ2n) is 7.74. The standard InChI is InChI=1S/C20H23N7O4S.C2HF3O2/c1-13-10-23-19(25-26-32(30,31)16-6-4-3-5-7-16)20(29)27(13)12-18(28)22-11-15-8-9-17(21)24-14(15)2;3-2(4,5)1(6)7/h3-10,26H,11-12H2,1-2H3,(H2,21,24)(H,22,28)(H,23,25);(H,6,7). The van der Waals surface area contributed by atoms with Crippen molar-refractivity contribution >= 4 is 33.5 Å². The lowest BCUT2D eigenvalue weighted by Crippen LogP contribution is -2.38. The van der Waals surface area contributed by atoms with E-state index in [-0.39, 0.29) is 23.8 Å². The van der Waals surface area contributed by atoms with E-state index in [1.54, 1.807) is 44.2 Å². The molecule has 17 heteroatoms. The number of carbonyl (C=O) groups is 2. The number of nitrogens with one attached hydrogen (secondary N) is 3. The van der Waals surface area contributed by atoms with Crippen LogP contribution in [0.2, 0.25) is 0 Å². The average molecular weight is 572 g/mol. The van der Waals surface area contributed by atoms with Gasteiger partial charge in [0.1, 0.15) is 12.4 Å². The Bertz CT molecular complexity index is 1500. The number of anilines is 2. The molecule has 0 aliphatic carbocycles. The van der Waals surface area contributed by atoms with Crippen LogP contribution in [0.1, 0.15) is 17.0 Å². The number of carboxylic acid groups (broad SMARTS) is 1. The van der Waals surface area contributed by atoms with Crippen LogP contribution in [0.3, 0.4) is 0 Å². The van der Waals surface area contributed by atoms with Crippen molar-refractivity contribution in [2.75, 3.05) is 11.2 Å². The fourth-order valence-corrected chi connectivity index (χ4v) is 3.68. The molecule has 0 saturated heterocycles. The first-order valence-electron chi connectivity index (χ1n) is 10.8. The molecule has 0 spiro atoms. The highest BCUT2D eigenvalue weighted by Crippen LogP contribution is 2.13. The average Bonchev–Trinajstić information content (AvgIpc) is 2.86. The summed E-state index contributed by atoms with van der Waals surface area (Å²) >= 11 is 0. The summed E-state index contributed by atoms with van der Waals surface area (Å²) in [5.74, 6) is -3.04. The van der Waals surface area contributed by atoms with E-state index in [1.165, 1.54) is 22.9 Å². The molecule has 0 aliphatic heterocycles. The number of nitrogens with zero attached hydrogens (tertiary/aromatic N) is 3. The molecule has 2 aromatic heterocycles. The van der Waals surface area contributed by atoms with Crippen LogP contribution in [0.5, 0.6) is 0 Å². The Hall–Kier alpha value is -4.51. The van der Waals surface area contributed by atoms with E-state index in [9.17, 15) is 31.2 Å². The van der Waals surface area contributed by atoms with Crippen LogP contribution in [0.15, 0.2) is 58.4 Å². The number of hydrazine groups is 1. The number of halogens is 3. The summed E-state index contributed by atoms with van der Waals surface area (Å²) < 4.78 is 57.6. The lowest BCUT2D eigenvalue weighted by atomic mass is 10.2. The number of rotatable bonds is 8. The predicted molar refractivity (Wildman–Crippen MR) is 133 cm³/mol. The summed E-state index contributed by atoms with van der Waals surface area (Å²) in [5.41, 5.74) is 9.23. The zero-order chi connectivity index (χ0) is 29.4. The zero-order valence-corrected chi connectivity index (χ0v) is 21.3. The normalized spacial score (nSPS) is 11.2. The van der Waals surface area contributed by atoms with Gasteiger partial charge in [-0.15, -0.1) is 4.83 Å². The first-order chi connectivity index (χ1) is 18.1. The fourth-order valence-electron chi connectivity index (χ4n) is 2.82. The number of nitrogens with two attached hydrogens (primary N) is 1. The lowest BCUT2D eigenvalue weighted by molar-refractivity contribution is -0.192. The van der Waals surface area contributed by atoms with E-state index >= 15 is 0 Å². The Morgan fingerprint density at radius 2 is 1.72 bits per heavy atom. The van der Waals surface area contributed by atoms with E-state index in [1.807, 2.05) is 0 Å². The van der Waals surface area contributed by atoms with Crippen LogP contribution < -0.4 is 26.9 Å². The molecule has 1 amide bonds. The second kappa shape index (κ2) is 12.8. The summed E-state index contributed by atoms with van der Waals surface area (Å²) in [4.78, 5) is 44.3. The molecule has 0 aliphatic rings. The van der Waals surface area contributed by atoms with Gasteiger partial charge in [-0.1, -0.05) is 24.3 Å². The number of sulfonamides is 1. The lowest BCUT2D eigenvalue weighted by Gasteiger charge is -2.13.